The molecule has 0 aliphatic heterocycles. The normalized spacial score (nSPS) is 10.9. The topological polar surface area (TPSA) is 69.2 Å². The third-order valence-electron chi connectivity index (χ3n) is 5.14. The van der Waals surface area contributed by atoms with Crippen LogP contribution < -0.4 is 0 Å². The van der Waals surface area contributed by atoms with Crippen molar-refractivity contribution in [3.05, 3.63) is 69.0 Å². The van der Waals surface area contributed by atoms with Crippen LogP contribution in [0.25, 0.3) is 11.0 Å². The van der Waals surface area contributed by atoms with Crippen molar-refractivity contribution >= 4 is 22.8 Å². The van der Waals surface area contributed by atoms with Gasteiger partial charge in [-0.3, -0.25) is 4.79 Å². The van der Waals surface area contributed by atoms with E-state index in [0.717, 1.165) is 39.2 Å². The van der Waals surface area contributed by atoms with Gasteiger partial charge in [-0.05, 0) is 82.0 Å². The highest BCUT2D eigenvalue weighted by Gasteiger charge is 2.16. The molecule has 0 unspecified atom stereocenters. The molecule has 0 N–H and O–H groups in total. The molecule has 0 saturated heterocycles. The van der Waals surface area contributed by atoms with Gasteiger partial charge in [0.1, 0.15) is 6.61 Å². The molecular formula is C23H24N2O3. The fraction of sp³-hybridized carbons (Fsp3) is 0.304. The smallest absolute Gasteiger partial charge is 0.338 e. The third kappa shape index (κ3) is 3.65. The maximum absolute atomic E-state index is 12.6. The summed E-state index contributed by atoms with van der Waals surface area (Å²) in [5.74, 6) is -0.410. The lowest BCUT2D eigenvalue weighted by molar-refractivity contribution is 0.0471. The highest BCUT2D eigenvalue weighted by Crippen LogP contribution is 2.24. The van der Waals surface area contributed by atoms with E-state index >= 15 is 0 Å². The van der Waals surface area contributed by atoms with Crippen LogP contribution in [0.3, 0.4) is 0 Å². The van der Waals surface area contributed by atoms with E-state index in [4.69, 9.17) is 4.74 Å². The average molecular weight is 376 g/mol. The molecule has 28 heavy (non-hydrogen) atoms. The number of ether oxygens (including phenoxy) is 1. The standard InChI is InChI=1S/C23H24N2O3/c1-12-9-13(2)22(17(6)26)14(3)19(12)11-28-23(27)18-7-8-20-21(10-18)25-16(5)15(4)24-20/h7-10H,11H2,1-6H3. The van der Waals surface area contributed by atoms with Gasteiger partial charge in [-0.2, -0.15) is 0 Å². The largest absolute Gasteiger partial charge is 0.457 e. The number of hydrogen-bond acceptors (Lipinski definition) is 5. The molecule has 3 rings (SSSR count). The molecule has 0 radical (unpaired) electrons. The summed E-state index contributed by atoms with van der Waals surface area (Å²) in [4.78, 5) is 33.5. The Morgan fingerprint density at radius 2 is 1.54 bits per heavy atom. The summed E-state index contributed by atoms with van der Waals surface area (Å²) < 4.78 is 5.55. The molecule has 3 aromatic rings. The quantitative estimate of drug-likeness (QED) is 0.486. The Morgan fingerprint density at radius 3 is 2.18 bits per heavy atom. The number of esters is 1. The number of rotatable bonds is 4. The fourth-order valence-electron chi connectivity index (χ4n) is 3.57. The van der Waals surface area contributed by atoms with Gasteiger partial charge in [-0.25, -0.2) is 14.8 Å². The minimum Gasteiger partial charge on any atom is -0.457 e. The Bertz CT molecular complexity index is 1120. The Morgan fingerprint density at radius 1 is 0.893 bits per heavy atom. The van der Waals surface area contributed by atoms with Gasteiger partial charge in [0.2, 0.25) is 0 Å². The van der Waals surface area contributed by atoms with Crippen molar-refractivity contribution in [1.82, 2.24) is 9.97 Å². The minimum absolute atomic E-state index is 0.0151. The summed E-state index contributed by atoms with van der Waals surface area (Å²) in [6.45, 7) is 11.3. The van der Waals surface area contributed by atoms with E-state index in [2.05, 4.69) is 9.97 Å². The van der Waals surface area contributed by atoms with Gasteiger partial charge in [0, 0.05) is 5.56 Å². The number of aromatic nitrogens is 2. The van der Waals surface area contributed by atoms with E-state index in [-0.39, 0.29) is 12.4 Å². The summed E-state index contributed by atoms with van der Waals surface area (Å²) in [7, 11) is 0. The Labute approximate surface area is 164 Å². The van der Waals surface area contributed by atoms with Crippen molar-refractivity contribution in [2.75, 3.05) is 0 Å². The summed E-state index contributed by atoms with van der Waals surface area (Å²) in [6, 6.07) is 7.14. The Kier molecular flexibility index (Phi) is 5.27. The second-order valence-electron chi connectivity index (χ2n) is 7.22. The van der Waals surface area contributed by atoms with E-state index < -0.39 is 5.97 Å². The molecule has 0 amide bonds. The van der Waals surface area contributed by atoms with Crippen molar-refractivity contribution in [2.24, 2.45) is 0 Å². The predicted octanol–water partition coefficient (Wildman–Crippen LogP) is 4.73. The first-order chi connectivity index (χ1) is 13.2. The van der Waals surface area contributed by atoms with E-state index in [0.29, 0.717) is 16.6 Å². The van der Waals surface area contributed by atoms with Crippen molar-refractivity contribution in [2.45, 2.75) is 48.1 Å². The number of carbonyl (C=O) groups excluding carboxylic acids is 2. The van der Waals surface area contributed by atoms with Gasteiger partial charge >= 0.3 is 5.97 Å². The number of ketones is 1. The van der Waals surface area contributed by atoms with Gasteiger partial charge in [0.05, 0.1) is 28.0 Å². The van der Waals surface area contributed by atoms with Crippen LogP contribution in [-0.2, 0) is 11.3 Å². The molecule has 5 heteroatoms. The van der Waals surface area contributed by atoms with Crippen molar-refractivity contribution in [3.63, 3.8) is 0 Å². The van der Waals surface area contributed by atoms with Crippen molar-refractivity contribution in [1.29, 1.82) is 0 Å². The second kappa shape index (κ2) is 7.50. The van der Waals surface area contributed by atoms with E-state index in [1.165, 1.54) is 0 Å². The molecule has 1 aromatic heterocycles. The van der Waals surface area contributed by atoms with Crippen molar-refractivity contribution < 1.29 is 14.3 Å². The number of aryl methyl sites for hydroxylation is 4. The summed E-state index contributed by atoms with van der Waals surface area (Å²) in [6.07, 6.45) is 0. The lowest BCUT2D eigenvalue weighted by atomic mass is 9.92. The molecule has 0 atom stereocenters. The molecule has 2 aromatic carbocycles. The molecule has 0 spiro atoms. The highest BCUT2D eigenvalue weighted by atomic mass is 16.5. The van der Waals surface area contributed by atoms with E-state index in [9.17, 15) is 9.59 Å². The molecular weight excluding hydrogens is 352 g/mol. The SMILES string of the molecule is CC(=O)c1c(C)cc(C)c(COC(=O)c2ccc3nc(C)c(C)nc3c2)c1C. The number of hydrogen-bond donors (Lipinski definition) is 0. The molecule has 1 heterocycles. The molecule has 144 valence electrons. The lowest BCUT2D eigenvalue weighted by Gasteiger charge is -2.16. The van der Waals surface area contributed by atoms with Gasteiger partial charge in [-0.1, -0.05) is 6.07 Å². The third-order valence-corrected chi connectivity index (χ3v) is 5.14. The highest BCUT2D eigenvalue weighted by molar-refractivity contribution is 5.97. The van der Waals surface area contributed by atoms with Crippen LogP contribution in [-0.4, -0.2) is 21.7 Å². The molecule has 0 aliphatic carbocycles. The molecule has 0 fully saturated rings. The van der Waals surface area contributed by atoms with Crippen LogP contribution >= 0.6 is 0 Å². The van der Waals surface area contributed by atoms with Crippen LogP contribution in [0.1, 0.15) is 61.3 Å². The minimum atomic E-state index is -0.425. The van der Waals surface area contributed by atoms with E-state index in [1.807, 2.05) is 40.7 Å². The number of fused-ring (bicyclic) bond motifs is 1. The molecule has 5 nitrogen and oxygen atoms in total. The summed E-state index contributed by atoms with van der Waals surface area (Å²) >= 11 is 0. The van der Waals surface area contributed by atoms with Gasteiger partial charge < -0.3 is 4.74 Å². The van der Waals surface area contributed by atoms with Crippen LogP contribution in [0.4, 0.5) is 0 Å². The fourth-order valence-corrected chi connectivity index (χ4v) is 3.57. The zero-order chi connectivity index (χ0) is 20.6. The molecule has 0 saturated carbocycles. The number of benzene rings is 2. The monoisotopic (exact) mass is 376 g/mol. The Hall–Kier alpha value is -3.08. The number of carbonyl (C=O) groups is 2. The first kappa shape index (κ1) is 19.7. The van der Waals surface area contributed by atoms with Crippen LogP contribution in [0.15, 0.2) is 24.3 Å². The zero-order valence-corrected chi connectivity index (χ0v) is 17.1. The van der Waals surface area contributed by atoms with Gasteiger partial charge in [0.25, 0.3) is 0 Å². The van der Waals surface area contributed by atoms with Crippen molar-refractivity contribution in [3.8, 4) is 0 Å². The Balaban J connectivity index is 1.87. The van der Waals surface area contributed by atoms with Crippen LogP contribution in [0.5, 0.6) is 0 Å². The maximum Gasteiger partial charge on any atom is 0.338 e. The first-order valence-corrected chi connectivity index (χ1v) is 9.21. The van der Waals surface area contributed by atoms with Crippen LogP contribution in [0.2, 0.25) is 0 Å². The average Bonchev–Trinajstić information content (AvgIpc) is 2.61. The van der Waals surface area contributed by atoms with Gasteiger partial charge in [-0.15, -0.1) is 0 Å². The first-order valence-electron chi connectivity index (χ1n) is 9.21. The number of Topliss-reactive ketones (excluding diaryl/α,β-unsaturated/α-hetero) is 1. The van der Waals surface area contributed by atoms with Crippen LogP contribution in [0, 0.1) is 34.6 Å². The molecule has 0 aliphatic rings. The zero-order valence-electron chi connectivity index (χ0n) is 17.1. The second-order valence-corrected chi connectivity index (χ2v) is 7.22. The predicted molar refractivity (Wildman–Crippen MR) is 109 cm³/mol. The maximum atomic E-state index is 12.6. The lowest BCUT2D eigenvalue weighted by Crippen LogP contribution is -2.10. The summed E-state index contributed by atoms with van der Waals surface area (Å²) in [5.41, 5.74) is 7.93. The summed E-state index contributed by atoms with van der Waals surface area (Å²) in [5, 5.41) is 0. The van der Waals surface area contributed by atoms with Gasteiger partial charge in [0.15, 0.2) is 5.78 Å². The van der Waals surface area contributed by atoms with E-state index in [1.54, 1.807) is 25.1 Å². The number of nitrogens with zero attached hydrogens (tertiary/aromatic N) is 2. The molecule has 0 bridgehead atoms.